The highest BCUT2D eigenvalue weighted by atomic mass is 35.5. The molecule has 0 aliphatic heterocycles. The Balaban J connectivity index is 0. The second kappa shape index (κ2) is 21.7. The number of hydrogen-bond donors (Lipinski definition) is 0. The number of halogens is 1. The third-order valence-corrected chi connectivity index (χ3v) is 4.08. The van der Waals surface area contributed by atoms with Gasteiger partial charge >= 0.3 is 0 Å². The third-order valence-electron chi connectivity index (χ3n) is 4.08. The largest absolute Gasteiger partial charge is 0.306 e. The molecular weight excluding hydrogens is 302 g/mol. The van der Waals surface area contributed by atoms with Gasteiger partial charge in [0.15, 0.2) is 0 Å². The van der Waals surface area contributed by atoms with Crippen LogP contribution in [0.4, 0.5) is 0 Å². The van der Waals surface area contributed by atoms with Gasteiger partial charge in [0.2, 0.25) is 0 Å². The molecular formula is C21H42ClN. The van der Waals surface area contributed by atoms with Crippen molar-refractivity contribution in [2.45, 2.75) is 90.4 Å². The predicted molar refractivity (Wildman–Crippen MR) is 110 cm³/mol. The summed E-state index contributed by atoms with van der Waals surface area (Å²) in [5.41, 5.74) is 0. The minimum absolute atomic E-state index is 0. The van der Waals surface area contributed by atoms with Crippen LogP contribution in [0.2, 0.25) is 0 Å². The zero-order valence-electron chi connectivity index (χ0n) is 16.1. The molecule has 23 heavy (non-hydrogen) atoms. The molecule has 0 radical (unpaired) electrons. The van der Waals surface area contributed by atoms with Gasteiger partial charge in [-0.15, -0.1) is 12.4 Å². The van der Waals surface area contributed by atoms with E-state index < -0.39 is 0 Å². The van der Waals surface area contributed by atoms with Gasteiger partial charge in [-0.3, -0.25) is 0 Å². The molecule has 0 aliphatic rings. The first-order chi connectivity index (χ1) is 10.8. The first-order valence-corrected chi connectivity index (χ1v) is 9.73. The fourth-order valence-corrected chi connectivity index (χ4v) is 2.63. The quantitative estimate of drug-likeness (QED) is 0.212. The minimum atomic E-state index is 0. The molecule has 0 aromatic carbocycles. The molecule has 138 valence electrons. The molecule has 0 amide bonds. The van der Waals surface area contributed by atoms with Crippen LogP contribution in [0, 0.1) is 0 Å². The number of nitrogens with zero attached hydrogens (tertiary/aromatic N) is 1. The van der Waals surface area contributed by atoms with Gasteiger partial charge in [-0.05, 0) is 26.9 Å². The Bertz CT molecular complexity index is 259. The van der Waals surface area contributed by atoms with Gasteiger partial charge in [0.1, 0.15) is 0 Å². The Morgan fingerprint density at radius 3 is 1.52 bits per heavy atom. The van der Waals surface area contributed by atoms with Crippen molar-refractivity contribution in [3.63, 3.8) is 0 Å². The van der Waals surface area contributed by atoms with Crippen LogP contribution >= 0.6 is 12.4 Å². The van der Waals surface area contributed by atoms with Crippen LogP contribution < -0.4 is 0 Å². The first kappa shape index (κ1) is 25.0. The summed E-state index contributed by atoms with van der Waals surface area (Å²) >= 11 is 0. The smallest absolute Gasteiger partial charge is 0.0160 e. The Kier molecular flexibility index (Phi) is 23.6. The molecule has 2 heteroatoms. The minimum Gasteiger partial charge on any atom is -0.306 e. The molecule has 0 aromatic rings. The summed E-state index contributed by atoms with van der Waals surface area (Å²) < 4.78 is 0. The Labute approximate surface area is 153 Å². The fourth-order valence-electron chi connectivity index (χ4n) is 2.63. The van der Waals surface area contributed by atoms with E-state index in [0.717, 1.165) is 6.54 Å². The average Bonchev–Trinajstić information content (AvgIpc) is 2.50. The molecule has 0 heterocycles. The maximum absolute atomic E-state index is 2.31. The third kappa shape index (κ3) is 24.1. The van der Waals surface area contributed by atoms with E-state index in [1.165, 1.54) is 83.5 Å². The van der Waals surface area contributed by atoms with Crippen molar-refractivity contribution >= 4 is 12.4 Å². The first-order valence-electron chi connectivity index (χ1n) is 9.73. The lowest BCUT2D eigenvalue weighted by Gasteiger charge is -2.02. The molecule has 0 N–H and O–H groups in total. The van der Waals surface area contributed by atoms with Crippen molar-refractivity contribution in [2.24, 2.45) is 0 Å². The van der Waals surface area contributed by atoms with Gasteiger partial charge in [-0.2, -0.15) is 0 Å². The molecule has 0 saturated carbocycles. The number of allylic oxidation sites excluding steroid dienone is 3. The van der Waals surface area contributed by atoms with Crippen molar-refractivity contribution in [3.05, 3.63) is 24.3 Å². The van der Waals surface area contributed by atoms with Crippen molar-refractivity contribution in [1.29, 1.82) is 0 Å². The summed E-state index contributed by atoms with van der Waals surface area (Å²) in [5, 5.41) is 0. The summed E-state index contributed by atoms with van der Waals surface area (Å²) in [4.78, 5) is 2.18. The topological polar surface area (TPSA) is 3.24 Å². The van der Waals surface area contributed by atoms with Crippen LogP contribution in [-0.4, -0.2) is 25.5 Å². The fraction of sp³-hybridized carbons (Fsp3) is 0.810. The molecule has 0 aromatic heterocycles. The van der Waals surface area contributed by atoms with Gasteiger partial charge in [0, 0.05) is 6.54 Å². The molecule has 0 aliphatic carbocycles. The zero-order valence-corrected chi connectivity index (χ0v) is 16.9. The van der Waals surface area contributed by atoms with Crippen molar-refractivity contribution in [2.75, 3.05) is 20.6 Å². The van der Waals surface area contributed by atoms with Crippen molar-refractivity contribution in [1.82, 2.24) is 4.90 Å². The molecule has 1 nitrogen and oxygen atoms in total. The summed E-state index contributed by atoms with van der Waals surface area (Å²) in [5.74, 6) is 0. The van der Waals surface area contributed by atoms with Gasteiger partial charge in [0.05, 0.1) is 0 Å². The highest BCUT2D eigenvalue weighted by Crippen LogP contribution is 2.12. The second-order valence-electron chi connectivity index (χ2n) is 6.80. The van der Waals surface area contributed by atoms with E-state index in [4.69, 9.17) is 0 Å². The number of unbranched alkanes of at least 4 members (excludes halogenated alkanes) is 12. The summed E-state index contributed by atoms with van der Waals surface area (Å²) in [7, 11) is 4.20. The van der Waals surface area contributed by atoms with Gasteiger partial charge in [-0.1, -0.05) is 102 Å². The SMILES string of the molecule is CCCCCCCCCCCCCCC=CC=CCN(C)C.Cl. The molecule has 0 bridgehead atoms. The highest BCUT2D eigenvalue weighted by molar-refractivity contribution is 5.85. The summed E-state index contributed by atoms with van der Waals surface area (Å²) in [6.45, 7) is 3.32. The van der Waals surface area contributed by atoms with E-state index in [-0.39, 0.29) is 12.4 Å². The summed E-state index contributed by atoms with van der Waals surface area (Å²) in [6.07, 6.45) is 27.3. The molecule has 0 spiro atoms. The highest BCUT2D eigenvalue weighted by Gasteiger charge is 1.92. The van der Waals surface area contributed by atoms with E-state index in [9.17, 15) is 0 Å². The number of likely N-dealkylation sites (N-methyl/N-ethyl adjacent to an activating group) is 1. The van der Waals surface area contributed by atoms with Crippen LogP contribution in [0.15, 0.2) is 24.3 Å². The molecule has 0 rings (SSSR count). The number of rotatable bonds is 16. The lowest BCUT2D eigenvalue weighted by Crippen LogP contribution is -2.10. The lowest BCUT2D eigenvalue weighted by molar-refractivity contribution is 0.456. The van der Waals surface area contributed by atoms with Gasteiger partial charge in [0.25, 0.3) is 0 Å². The standard InChI is InChI=1S/C21H41N.ClH/c1-4-5-6-7-8-9-10-11-12-13-14-15-16-17-18-19-20-21-22(2)3;/h17-20H,4-16,21H2,1-3H3;1H. The van der Waals surface area contributed by atoms with Gasteiger partial charge < -0.3 is 4.90 Å². The van der Waals surface area contributed by atoms with E-state index in [1.54, 1.807) is 0 Å². The molecule has 0 unspecified atom stereocenters. The van der Waals surface area contributed by atoms with Gasteiger partial charge in [-0.25, -0.2) is 0 Å². The maximum Gasteiger partial charge on any atom is 0.0160 e. The monoisotopic (exact) mass is 343 g/mol. The molecule has 0 saturated heterocycles. The summed E-state index contributed by atoms with van der Waals surface area (Å²) in [6, 6.07) is 0. The normalized spacial score (nSPS) is 11.7. The van der Waals surface area contributed by atoms with Crippen LogP contribution in [0.1, 0.15) is 90.4 Å². The molecule has 0 fully saturated rings. The van der Waals surface area contributed by atoms with Crippen LogP contribution in [0.3, 0.4) is 0 Å². The number of hydrogen-bond acceptors (Lipinski definition) is 1. The Morgan fingerprint density at radius 1 is 0.609 bits per heavy atom. The van der Waals surface area contributed by atoms with Crippen LogP contribution in [-0.2, 0) is 0 Å². The van der Waals surface area contributed by atoms with Crippen molar-refractivity contribution < 1.29 is 0 Å². The zero-order chi connectivity index (χ0) is 16.3. The molecule has 0 atom stereocenters. The average molecular weight is 344 g/mol. The maximum atomic E-state index is 2.31. The van der Waals surface area contributed by atoms with Crippen LogP contribution in [0.25, 0.3) is 0 Å². The lowest BCUT2D eigenvalue weighted by atomic mass is 10.0. The van der Waals surface area contributed by atoms with E-state index >= 15 is 0 Å². The van der Waals surface area contributed by atoms with Crippen LogP contribution in [0.5, 0.6) is 0 Å². The Morgan fingerprint density at radius 2 is 1.04 bits per heavy atom. The van der Waals surface area contributed by atoms with Crippen molar-refractivity contribution in [3.8, 4) is 0 Å². The predicted octanol–water partition coefficient (Wildman–Crippen LogP) is 7.17. The Hall–Kier alpha value is -0.270. The second-order valence-corrected chi connectivity index (χ2v) is 6.80. The van der Waals surface area contributed by atoms with E-state index in [1.807, 2.05) is 0 Å². The van der Waals surface area contributed by atoms with E-state index in [2.05, 4.69) is 50.2 Å². The van der Waals surface area contributed by atoms with E-state index in [0.29, 0.717) is 0 Å².